The zero-order valence-electron chi connectivity index (χ0n) is 14.5. The Morgan fingerprint density at radius 2 is 2.00 bits per heavy atom. The number of thioether (sulfide) groups is 1. The van der Waals surface area contributed by atoms with Gasteiger partial charge in [-0.05, 0) is 43.7 Å². The Morgan fingerprint density at radius 3 is 2.72 bits per heavy atom. The number of hydrogen-bond donors (Lipinski definition) is 1. The number of aromatic nitrogens is 3. The molecule has 1 aliphatic rings. The van der Waals surface area contributed by atoms with Gasteiger partial charge in [-0.2, -0.15) is 0 Å². The number of hydrogen-bond acceptors (Lipinski definition) is 4. The third kappa shape index (κ3) is 4.55. The van der Waals surface area contributed by atoms with Crippen molar-refractivity contribution in [1.29, 1.82) is 0 Å². The molecule has 5 nitrogen and oxygen atoms in total. The van der Waals surface area contributed by atoms with Crippen LogP contribution in [0.15, 0.2) is 29.4 Å². The number of amides is 1. The molecule has 0 radical (unpaired) electrons. The first-order valence-electron chi connectivity index (χ1n) is 8.61. The molecule has 3 rings (SSSR count). The summed E-state index contributed by atoms with van der Waals surface area (Å²) < 4.78 is 1.88. The second-order valence-electron chi connectivity index (χ2n) is 6.66. The van der Waals surface area contributed by atoms with Gasteiger partial charge in [0, 0.05) is 18.7 Å². The van der Waals surface area contributed by atoms with Crippen molar-refractivity contribution in [1.82, 2.24) is 20.1 Å². The first-order valence-corrected chi connectivity index (χ1v) is 9.97. The van der Waals surface area contributed by atoms with Gasteiger partial charge in [-0.3, -0.25) is 4.79 Å². The maximum absolute atomic E-state index is 12.2. The van der Waals surface area contributed by atoms with Crippen molar-refractivity contribution in [3.63, 3.8) is 0 Å². The van der Waals surface area contributed by atoms with Crippen LogP contribution in [0.25, 0.3) is 11.4 Å². The van der Waals surface area contributed by atoms with Gasteiger partial charge in [0.15, 0.2) is 11.0 Å². The normalized spacial score (nSPS) is 20.4. The first-order chi connectivity index (χ1) is 12.0. The van der Waals surface area contributed by atoms with Gasteiger partial charge >= 0.3 is 0 Å². The summed E-state index contributed by atoms with van der Waals surface area (Å²) in [6.07, 6.45) is 4.56. The van der Waals surface area contributed by atoms with Crippen LogP contribution in [0.3, 0.4) is 0 Å². The fourth-order valence-electron chi connectivity index (χ4n) is 3.12. The summed E-state index contributed by atoms with van der Waals surface area (Å²) in [5.41, 5.74) is 0.840. The van der Waals surface area contributed by atoms with Gasteiger partial charge in [0.2, 0.25) is 5.91 Å². The lowest BCUT2D eigenvalue weighted by molar-refractivity contribution is -0.119. The molecule has 1 aromatic heterocycles. The summed E-state index contributed by atoms with van der Waals surface area (Å²) in [5, 5.41) is 12.9. The predicted molar refractivity (Wildman–Crippen MR) is 102 cm³/mol. The van der Waals surface area contributed by atoms with Crippen LogP contribution in [0, 0.1) is 5.92 Å². The maximum Gasteiger partial charge on any atom is 0.230 e. The van der Waals surface area contributed by atoms with Crippen LogP contribution in [0.5, 0.6) is 0 Å². The highest BCUT2D eigenvalue weighted by molar-refractivity contribution is 7.99. The summed E-state index contributed by atoms with van der Waals surface area (Å²) in [7, 11) is 1.89. The highest BCUT2D eigenvalue weighted by Crippen LogP contribution is 2.28. The molecular formula is C18H23ClN4OS. The van der Waals surface area contributed by atoms with E-state index in [-0.39, 0.29) is 5.91 Å². The molecule has 1 amide bonds. The van der Waals surface area contributed by atoms with Crippen LogP contribution in [-0.4, -0.2) is 32.5 Å². The van der Waals surface area contributed by atoms with E-state index in [0.29, 0.717) is 27.8 Å². The lowest BCUT2D eigenvalue weighted by atomic mass is 9.87. The van der Waals surface area contributed by atoms with Gasteiger partial charge in [-0.25, -0.2) is 0 Å². The minimum atomic E-state index is 0.0619. The highest BCUT2D eigenvalue weighted by Gasteiger charge is 2.20. The molecule has 0 unspecified atom stereocenters. The fourth-order valence-corrected chi connectivity index (χ4v) is 4.06. The Hall–Kier alpha value is -1.53. The zero-order valence-corrected chi connectivity index (χ0v) is 16.1. The number of nitrogens with zero attached hydrogens (tertiary/aromatic N) is 3. The van der Waals surface area contributed by atoms with Gasteiger partial charge in [0.25, 0.3) is 0 Å². The molecule has 1 fully saturated rings. The van der Waals surface area contributed by atoms with E-state index in [9.17, 15) is 4.79 Å². The third-order valence-electron chi connectivity index (χ3n) is 4.66. The number of benzene rings is 1. The van der Waals surface area contributed by atoms with Crippen molar-refractivity contribution in [3.8, 4) is 11.4 Å². The zero-order chi connectivity index (χ0) is 17.8. The molecule has 1 saturated carbocycles. The minimum Gasteiger partial charge on any atom is -0.353 e. The van der Waals surface area contributed by atoms with E-state index in [1.807, 2.05) is 35.9 Å². The van der Waals surface area contributed by atoms with E-state index in [4.69, 9.17) is 11.6 Å². The van der Waals surface area contributed by atoms with E-state index < -0.39 is 0 Å². The number of carbonyl (C=O) groups is 1. The van der Waals surface area contributed by atoms with Gasteiger partial charge in [-0.15, -0.1) is 10.2 Å². The Bertz CT molecular complexity index is 740. The van der Waals surface area contributed by atoms with Crippen molar-refractivity contribution in [3.05, 3.63) is 29.3 Å². The second-order valence-corrected chi connectivity index (χ2v) is 8.01. The van der Waals surface area contributed by atoms with E-state index in [0.717, 1.165) is 24.3 Å². The molecular weight excluding hydrogens is 356 g/mol. The molecule has 0 bridgehead atoms. The smallest absolute Gasteiger partial charge is 0.230 e. The molecule has 0 atom stereocenters. The van der Waals surface area contributed by atoms with E-state index >= 15 is 0 Å². The standard InChI is InChI=1S/C18H23ClN4OS/c1-12-7-9-13(10-8-12)20-16(24)11-25-18-22-21-17(23(18)2)14-5-3-4-6-15(14)19/h3-6,12-13H,7-11H2,1-2H3,(H,20,24). The van der Waals surface area contributed by atoms with Gasteiger partial charge in [-0.1, -0.05) is 42.4 Å². The van der Waals surface area contributed by atoms with Gasteiger partial charge < -0.3 is 9.88 Å². The van der Waals surface area contributed by atoms with Crippen molar-refractivity contribution in [2.45, 2.75) is 43.8 Å². The summed E-state index contributed by atoms with van der Waals surface area (Å²) in [6.45, 7) is 2.28. The van der Waals surface area contributed by atoms with Crippen molar-refractivity contribution < 1.29 is 4.79 Å². The summed E-state index contributed by atoms with van der Waals surface area (Å²) in [6, 6.07) is 7.87. The summed E-state index contributed by atoms with van der Waals surface area (Å²) in [5.74, 6) is 1.90. The van der Waals surface area contributed by atoms with Crippen LogP contribution in [0.4, 0.5) is 0 Å². The topological polar surface area (TPSA) is 59.8 Å². The average Bonchev–Trinajstić information content (AvgIpc) is 2.96. The van der Waals surface area contributed by atoms with Crippen LogP contribution in [0.2, 0.25) is 5.02 Å². The fraction of sp³-hybridized carbons (Fsp3) is 0.500. The number of halogens is 1. The van der Waals surface area contributed by atoms with Crippen molar-refractivity contribution in [2.75, 3.05) is 5.75 Å². The lowest BCUT2D eigenvalue weighted by Gasteiger charge is -2.26. The number of nitrogens with one attached hydrogen (secondary N) is 1. The molecule has 1 N–H and O–H groups in total. The molecule has 7 heteroatoms. The van der Waals surface area contributed by atoms with E-state index in [2.05, 4.69) is 22.4 Å². The monoisotopic (exact) mass is 378 g/mol. The number of carbonyl (C=O) groups excluding carboxylic acids is 1. The Morgan fingerprint density at radius 1 is 1.28 bits per heavy atom. The van der Waals surface area contributed by atoms with Crippen LogP contribution >= 0.6 is 23.4 Å². The SMILES string of the molecule is CC1CCC(NC(=O)CSc2nnc(-c3ccccc3Cl)n2C)CC1. The lowest BCUT2D eigenvalue weighted by Crippen LogP contribution is -2.38. The Kier molecular flexibility index (Phi) is 6.02. The minimum absolute atomic E-state index is 0.0619. The first kappa shape index (κ1) is 18.3. The quantitative estimate of drug-likeness (QED) is 0.801. The van der Waals surface area contributed by atoms with E-state index in [1.54, 1.807) is 0 Å². The molecule has 25 heavy (non-hydrogen) atoms. The molecule has 2 aromatic rings. The average molecular weight is 379 g/mol. The molecule has 1 heterocycles. The summed E-state index contributed by atoms with van der Waals surface area (Å²) >= 11 is 7.63. The molecule has 134 valence electrons. The predicted octanol–water partition coefficient (Wildman–Crippen LogP) is 3.92. The molecule has 0 saturated heterocycles. The Balaban J connectivity index is 1.57. The molecule has 1 aliphatic carbocycles. The van der Waals surface area contributed by atoms with Crippen LogP contribution < -0.4 is 5.32 Å². The Labute approximate surface area is 157 Å². The van der Waals surface area contributed by atoms with E-state index in [1.165, 1.54) is 24.6 Å². The van der Waals surface area contributed by atoms with Gasteiger partial charge in [0.1, 0.15) is 0 Å². The number of rotatable bonds is 5. The largest absolute Gasteiger partial charge is 0.353 e. The third-order valence-corrected chi connectivity index (χ3v) is 6.01. The molecule has 0 spiro atoms. The second kappa shape index (κ2) is 8.23. The van der Waals surface area contributed by atoms with Crippen LogP contribution in [0.1, 0.15) is 32.6 Å². The van der Waals surface area contributed by atoms with Crippen LogP contribution in [-0.2, 0) is 11.8 Å². The maximum atomic E-state index is 12.2. The highest BCUT2D eigenvalue weighted by atomic mass is 35.5. The molecule has 0 aliphatic heterocycles. The van der Waals surface area contributed by atoms with Crippen molar-refractivity contribution in [2.24, 2.45) is 13.0 Å². The molecule has 1 aromatic carbocycles. The summed E-state index contributed by atoms with van der Waals surface area (Å²) in [4.78, 5) is 12.2. The van der Waals surface area contributed by atoms with Gasteiger partial charge in [0.05, 0.1) is 10.8 Å². The van der Waals surface area contributed by atoms with Crippen molar-refractivity contribution >= 4 is 29.3 Å².